The minimum atomic E-state index is -0.782. The number of β-amino-alcohol motifs (C(OH)–C–C–N with tert-alkyl or cyclic N) is 1. The third-order valence-electron chi connectivity index (χ3n) is 5.90. The van der Waals surface area contributed by atoms with E-state index < -0.39 is 23.5 Å². The van der Waals surface area contributed by atoms with Gasteiger partial charge in [0, 0.05) is 31.7 Å². The summed E-state index contributed by atoms with van der Waals surface area (Å²) in [4.78, 5) is 31.7. The number of halogens is 1. The maximum atomic E-state index is 14.1. The Hall–Kier alpha value is -1.83. The van der Waals surface area contributed by atoms with E-state index in [9.17, 15) is 19.1 Å². The van der Waals surface area contributed by atoms with Gasteiger partial charge >= 0.3 is 0 Å². The van der Waals surface area contributed by atoms with Crippen molar-refractivity contribution in [3.63, 3.8) is 0 Å². The van der Waals surface area contributed by atoms with Crippen molar-refractivity contribution in [2.45, 2.75) is 44.5 Å². The summed E-state index contributed by atoms with van der Waals surface area (Å²) < 4.78 is 14.1. The van der Waals surface area contributed by atoms with Crippen molar-refractivity contribution in [2.75, 3.05) is 26.2 Å². The van der Waals surface area contributed by atoms with E-state index in [0.29, 0.717) is 37.5 Å². The molecule has 1 aromatic carbocycles. The number of carbonyl (C=O) groups excluding carboxylic acids is 2. The molecule has 0 bridgehead atoms. The van der Waals surface area contributed by atoms with E-state index in [4.69, 9.17) is 0 Å². The smallest absolute Gasteiger partial charge is 0.252 e. The topological polar surface area (TPSA) is 64.1 Å². The van der Waals surface area contributed by atoms with Crippen LogP contribution in [0.1, 0.15) is 25.8 Å². The largest absolute Gasteiger partial charge is 0.392 e. The molecule has 4 rings (SSSR count). The van der Waals surface area contributed by atoms with Crippen molar-refractivity contribution >= 4 is 11.8 Å². The summed E-state index contributed by atoms with van der Waals surface area (Å²) in [5, 5.41) is 10.2. The highest BCUT2D eigenvalue weighted by molar-refractivity contribution is 6.06. The molecule has 6 nitrogen and oxygen atoms in total. The predicted octanol–water partition coefficient (Wildman–Crippen LogP) is 0.840. The van der Waals surface area contributed by atoms with Crippen LogP contribution < -0.4 is 0 Å². The summed E-state index contributed by atoms with van der Waals surface area (Å²) in [6, 6.07) is 5.72. The van der Waals surface area contributed by atoms with E-state index >= 15 is 0 Å². The molecule has 3 fully saturated rings. The minimum Gasteiger partial charge on any atom is -0.392 e. The van der Waals surface area contributed by atoms with Gasteiger partial charge in [0.2, 0.25) is 5.91 Å². The summed E-state index contributed by atoms with van der Waals surface area (Å²) >= 11 is 0. The normalized spacial score (nSPS) is 28.1. The van der Waals surface area contributed by atoms with Gasteiger partial charge in [-0.25, -0.2) is 4.39 Å². The lowest BCUT2D eigenvalue weighted by Crippen LogP contribution is -2.81. The molecule has 3 aliphatic heterocycles. The molecule has 1 spiro atoms. The Morgan fingerprint density at radius 1 is 1.26 bits per heavy atom. The fraction of sp³-hybridized carbons (Fsp3) is 0.600. The minimum absolute atomic E-state index is 0.0588. The van der Waals surface area contributed by atoms with Gasteiger partial charge in [-0.3, -0.25) is 24.3 Å². The quantitative estimate of drug-likeness (QED) is 0.791. The second kappa shape index (κ2) is 6.65. The second-order valence-electron chi connectivity index (χ2n) is 8.47. The number of likely N-dealkylation sites (tertiary alicyclic amines) is 1. The van der Waals surface area contributed by atoms with Crippen LogP contribution in [0.15, 0.2) is 24.3 Å². The number of hydrogen-bond donors (Lipinski definition) is 1. The lowest BCUT2D eigenvalue weighted by molar-refractivity contribution is -0.181. The molecule has 0 radical (unpaired) electrons. The molecule has 3 heterocycles. The van der Waals surface area contributed by atoms with Gasteiger partial charge < -0.3 is 5.11 Å². The maximum Gasteiger partial charge on any atom is 0.252 e. The number of nitrogens with zero attached hydrogens (tertiary/aromatic N) is 3. The first-order valence-corrected chi connectivity index (χ1v) is 9.58. The summed E-state index contributed by atoms with van der Waals surface area (Å²) in [6.45, 7) is 6.52. The molecular weight excluding hydrogens is 349 g/mol. The molecule has 0 aliphatic carbocycles. The highest BCUT2D eigenvalue weighted by atomic mass is 19.1. The monoisotopic (exact) mass is 375 g/mol. The zero-order valence-corrected chi connectivity index (χ0v) is 15.8. The number of carbonyl (C=O) groups is 2. The van der Waals surface area contributed by atoms with Crippen LogP contribution in [0.5, 0.6) is 0 Å². The number of imide groups is 1. The summed E-state index contributed by atoms with van der Waals surface area (Å²) in [7, 11) is 0. The summed E-state index contributed by atoms with van der Waals surface area (Å²) in [5.41, 5.74) is -0.448. The number of fused-ring (bicyclic) bond motifs is 2. The van der Waals surface area contributed by atoms with Crippen LogP contribution in [-0.4, -0.2) is 75.5 Å². The van der Waals surface area contributed by atoms with E-state index in [1.807, 2.05) is 4.90 Å². The number of aliphatic hydroxyl groups is 1. The third kappa shape index (κ3) is 2.98. The number of benzene rings is 1. The van der Waals surface area contributed by atoms with Gasteiger partial charge in [0.15, 0.2) is 0 Å². The molecule has 2 atom stereocenters. The number of piperazine rings is 1. The van der Waals surface area contributed by atoms with E-state index in [1.54, 1.807) is 18.2 Å². The first-order chi connectivity index (χ1) is 12.8. The first kappa shape index (κ1) is 18.5. The lowest BCUT2D eigenvalue weighted by atomic mass is 9.82. The molecule has 3 aliphatic rings. The van der Waals surface area contributed by atoms with Crippen LogP contribution in [0.4, 0.5) is 4.39 Å². The average Bonchev–Trinajstić information content (AvgIpc) is 2.97. The van der Waals surface area contributed by atoms with Gasteiger partial charge in [-0.15, -0.1) is 0 Å². The SMILES string of the molecule is CC(C)CN1CC2(C1)C(=O)N(Cc1ccccc1F)C(=O)[C@@H]1C[C@@H](O)CN12. The van der Waals surface area contributed by atoms with Gasteiger partial charge in [0.1, 0.15) is 11.4 Å². The lowest BCUT2D eigenvalue weighted by Gasteiger charge is -2.59. The molecule has 2 amide bonds. The standard InChI is InChI=1S/C20H26FN3O3/c1-13(2)8-22-11-20(12-22)19(27)23(9-14-5-3-4-6-16(14)21)18(26)17-7-15(25)10-24(17)20/h3-6,13,15,17,25H,7-12H2,1-2H3/t15-,17+/m1/s1. The molecule has 146 valence electrons. The molecule has 3 saturated heterocycles. The van der Waals surface area contributed by atoms with E-state index in [0.717, 1.165) is 6.54 Å². The summed E-state index contributed by atoms with van der Waals surface area (Å²) in [6.07, 6.45) is -0.289. The third-order valence-corrected chi connectivity index (χ3v) is 5.90. The van der Waals surface area contributed by atoms with E-state index in [2.05, 4.69) is 18.7 Å². The number of rotatable bonds is 4. The Kier molecular flexibility index (Phi) is 4.56. The number of hydrogen-bond acceptors (Lipinski definition) is 5. The van der Waals surface area contributed by atoms with Gasteiger partial charge in [0.05, 0.1) is 18.7 Å². The number of amides is 2. The Bertz CT molecular complexity index is 763. The van der Waals surface area contributed by atoms with Crippen molar-refractivity contribution in [3.05, 3.63) is 35.6 Å². The van der Waals surface area contributed by atoms with Crippen molar-refractivity contribution in [2.24, 2.45) is 5.92 Å². The zero-order chi connectivity index (χ0) is 19.3. The average molecular weight is 375 g/mol. The predicted molar refractivity (Wildman–Crippen MR) is 97.1 cm³/mol. The van der Waals surface area contributed by atoms with Crippen molar-refractivity contribution in [3.8, 4) is 0 Å². The van der Waals surface area contributed by atoms with Crippen molar-refractivity contribution in [1.82, 2.24) is 14.7 Å². The molecular formula is C20H26FN3O3. The fourth-order valence-corrected chi connectivity index (χ4v) is 4.78. The van der Waals surface area contributed by atoms with E-state index in [1.165, 1.54) is 11.0 Å². The Labute approximate surface area is 158 Å². The summed E-state index contributed by atoms with van der Waals surface area (Å²) in [5.74, 6) is -0.526. The second-order valence-corrected chi connectivity index (χ2v) is 8.47. The van der Waals surface area contributed by atoms with Gasteiger partial charge in [-0.1, -0.05) is 32.0 Å². The first-order valence-electron chi connectivity index (χ1n) is 9.58. The van der Waals surface area contributed by atoms with Crippen LogP contribution in [0.2, 0.25) is 0 Å². The fourth-order valence-electron chi connectivity index (χ4n) is 4.78. The molecule has 0 aromatic heterocycles. The van der Waals surface area contributed by atoms with Gasteiger partial charge in [-0.05, 0) is 18.4 Å². The number of aliphatic hydroxyl groups excluding tert-OH is 1. The van der Waals surface area contributed by atoms with Crippen molar-refractivity contribution < 1.29 is 19.1 Å². The Morgan fingerprint density at radius 2 is 1.96 bits per heavy atom. The Morgan fingerprint density at radius 3 is 2.63 bits per heavy atom. The highest BCUT2D eigenvalue weighted by Gasteiger charge is 2.64. The van der Waals surface area contributed by atoms with Crippen LogP contribution in [0, 0.1) is 11.7 Å². The van der Waals surface area contributed by atoms with Crippen LogP contribution >= 0.6 is 0 Å². The van der Waals surface area contributed by atoms with Gasteiger partial charge in [0.25, 0.3) is 5.91 Å². The van der Waals surface area contributed by atoms with Crippen molar-refractivity contribution in [1.29, 1.82) is 0 Å². The molecule has 0 unspecified atom stereocenters. The molecule has 7 heteroatoms. The molecule has 1 aromatic rings. The Balaban J connectivity index is 1.63. The molecule has 27 heavy (non-hydrogen) atoms. The highest BCUT2D eigenvalue weighted by Crippen LogP contribution is 2.41. The van der Waals surface area contributed by atoms with E-state index in [-0.39, 0.29) is 18.4 Å². The zero-order valence-electron chi connectivity index (χ0n) is 15.8. The molecule has 1 N–H and O–H groups in total. The van der Waals surface area contributed by atoms with Crippen LogP contribution in [0.25, 0.3) is 0 Å². The van der Waals surface area contributed by atoms with Crippen LogP contribution in [-0.2, 0) is 16.1 Å². The molecule has 0 saturated carbocycles. The maximum absolute atomic E-state index is 14.1. The van der Waals surface area contributed by atoms with Gasteiger partial charge in [-0.2, -0.15) is 0 Å². The van der Waals surface area contributed by atoms with Crippen LogP contribution in [0.3, 0.4) is 0 Å².